The van der Waals surface area contributed by atoms with Crippen molar-refractivity contribution in [2.24, 2.45) is 0 Å². The van der Waals surface area contributed by atoms with Gasteiger partial charge >= 0.3 is 0 Å². The van der Waals surface area contributed by atoms with Gasteiger partial charge in [0.1, 0.15) is 0 Å². The van der Waals surface area contributed by atoms with Crippen molar-refractivity contribution in [3.8, 4) is 0 Å². The highest BCUT2D eigenvalue weighted by Gasteiger charge is 2.08. The van der Waals surface area contributed by atoms with E-state index in [1.165, 1.54) is 17.3 Å². The lowest BCUT2D eigenvalue weighted by atomic mass is 10.1. The molecule has 0 fully saturated rings. The second-order valence-electron chi connectivity index (χ2n) is 3.70. The Balaban J connectivity index is 2.20. The van der Waals surface area contributed by atoms with Crippen LogP contribution in [0.3, 0.4) is 0 Å². The van der Waals surface area contributed by atoms with Crippen molar-refractivity contribution >= 4 is 23.4 Å². The van der Waals surface area contributed by atoms with E-state index in [0.717, 1.165) is 15.1 Å². The molecule has 3 nitrogen and oxygen atoms in total. The molecule has 1 heterocycles. The Morgan fingerprint density at radius 3 is 2.88 bits per heavy atom. The molecule has 1 atom stereocenters. The van der Waals surface area contributed by atoms with Crippen LogP contribution < -0.4 is 5.32 Å². The van der Waals surface area contributed by atoms with Gasteiger partial charge in [-0.3, -0.25) is 0 Å². The van der Waals surface area contributed by atoms with Crippen LogP contribution in [-0.4, -0.2) is 17.0 Å². The Labute approximate surface area is 110 Å². The minimum Gasteiger partial charge on any atom is -0.339 e. The maximum atomic E-state index is 6.26. The molecule has 0 aliphatic carbocycles. The van der Waals surface area contributed by atoms with Gasteiger partial charge in [-0.2, -0.15) is 0 Å². The van der Waals surface area contributed by atoms with Gasteiger partial charge < -0.3 is 10.3 Å². The molecule has 1 unspecified atom stereocenters. The monoisotopic (exact) mass is 267 g/mol. The normalized spacial score (nSPS) is 12.6. The van der Waals surface area contributed by atoms with Crippen LogP contribution in [0.1, 0.15) is 18.5 Å². The molecule has 2 N–H and O–H groups in total. The van der Waals surface area contributed by atoms with Crippen molar-refractivity contribution in [1.82, 2.24) is 15.3 Å². The second kappa shape index (κ2) is 5.58. The number of nitrogens with one attached hydrogen (secondary N) is 2. The van der Waals surface area contributed by atoms with Crippen LogP contribution in [-0.2, 0) is 0 Å². The molecule has 1 aromatic carbocycles. The van der Waals surface area contributed by atoms with E-state index < -0.39 is 0 Å². The van der Waals surface area contributed by atoms with Gasteiger partial charge in [-0.25, -0.2) is 4.98 Å². The van der Waals surface area contributed by atoms with E-state index in [0.29, 0.717) is 6.04 Å². The van der Waals surface area contributed by atoms with Crippen LogP contribution in [0.15, 0.2) is 40.6 Å². The Hall–Kier alpha value is -0.970. The fourth-order valence-corrected chi connectivity index (χ4v) is 2.49. The van der Waals surface area contributed by atoms with Gasteiger partial charge in [-0.05, 0) is 31.7 Å². The van der Waals surface area contributed by atoms with Gasteiger partial charge in [-0.15, -0.1) is 0 Å². The van der Waals surface area contributed by atoms with E-state index in [-0.39, 0.29) is 0 Å². The summed E-state index contributed by atoms with van der Waals surface area (Å²) >= 11 is 7.79. The molecule has 1 aromatic heterocycles. The molecule has 90 valence electrons. The summed E-state index contributed by atoms with van der Waals surface area (Å²) in [5.41, 5.74) is 1.18. The standard InChI is InChI=1S/C12H14ClN3S/c1-8(14-2)9-3-4-11(10(13)7-9)17-12-15-5-6-16-12/h3-8,14H,1-2H3,(H,15,16). The highest BCUT2D eigenvalue weighted by molar-refractivity contribution is 7.99. The molecule has 0 bridgehead atoms. The lowest BCUT2D eigenvalue weighted by Crippen LogP contribution is -2.12. The van der Waals surface area contributed by atoms with E-state index in [4.69, 9.17) is 11.6 Å². The van der Waals surface area contributed by atoms with Crippen molar-refractivity contribution in [2.45, 2.75) is 23.0 Å². The van der Waals surface area contributed by atoms with Crippen LogP contribution in [0, 0.1) is 0 Å². The van der Waals surface area contributed by atoms with E-state index in [1.807, 2.05) is 19.2 Å². The lowest BCUT2D eigenvalue weighted by molar-refractivity contribution is 0.652. The van der Waals surface area contributed by atoms with Crippen molar-refractivity contribution in [3.05, 3.63) is 41.2 Å². The number of aromatic nitrogens is 2. The predicted octanol–water partition coefficient (Wildman–Crippen LogP) is 3.49. The summed E-state index contributed by atoms with van der Waals surface area (Å²) in [7, 11) is 1.93. The molecule has 2 aromatic rings. The zero-order chi connectivity index (χ0) is 12.3. The number of H-pyrrole nitrogens is 1. The summed E-state index contributed by atoms with van der Waals surface area (Å²) in [5, 5.41) is 4.79. The number of hydrogen-bond donors (Lipinski definition) is 2. The van der Waals surface area contributed by atoms with E-state index in [1.54, 1.807) is 12.4 Å². The van der Waals surface area contributed by atoms with Crippen LogP contribution in [0.4, 0.5) is 0 Å². The first-order chi connectivity index (χ1) is 8.20. The largest absolute Gasteiger partial charge is 0.339 e. The molecule has 0 amide bonds. The highest BCUT2D eigenvalue weighted by Crippen LogP contribution is 2.32. The number of hydrogen-bond acceptors (Lipinski definition) is 3. The molecule has 0 radical (unpaired) electrons. The van der Waals surface area contributed by atoms with E-state index >= 15 is 0 Å². The minimum absolute atomic E-state index is 0.301. The maximum absolute atomic E-state index is 6.26. The summed E-state index contributed by atoms with van der Waals surface area (Å²) in [5.74, 6) is 0. The quantitative estimate of drug-likeness (QED) is 0.891. The number of aromatic amines is 1. The molecule has 2 rings (SSSR count). The smallest absolute Gasteiger partial charge is 0.170 e. The third-order valence-electron chi connectivity index (χ3n) is 2.57. The first-order valence-electron chi connectivity index (χ1n) is 5.34. The highest BCUT2D eigenvalue weighted by atomic mass is 35.5. The van der Waals surface area contributed by atoms with Gasteiger partial charge in [-0.1, -0.05) is 29.4 Å². The van der Waals surface area contributed by atoms with Gasteiger partial charge in [0, 0.05) is 23.3 Å². The maximum Gasteiger partial charge on any atom is 0.170 e. The Bertz CT molecular complexity index is 485. The van der Waals surface area contributed by atoms with Gasteiger partial charge in [0.05, 0.1) is 5.02 Å². The zero-order valence-corrected chi connectivity index (χ0v) is 11.3. The minimum atomic E-state index is 0.301. The number of halogens is 1. The van der Waals surface area contributed by atoms with Crippen molar-refractivity contribution in [1.29, 1.82) is 0 Å². The third-order valence-corrected chi connectivity index (χ3v) is 3.99. The van der Waals surface area contributed by atoms with Crippen LogP contribution >= 0.6 is 23.4 Å². The topological polar surface area (TPSA) is 40.7 Å². The van der Waals surface area contributed by atoms with Crippen LogP contribution in [0.2, 0.25) is 5.02 Å². The summed E-state index contributed by atoms with van der Waals surface area (Å²) in [6.45, 7) is 2.10. The van der Waals surface area contributed by atoms with Crippen molar-refractivity contribution in [2.75, 3.05) is 7.05 Å². The van der Waals surface area contributed by atoms with Gasteiger partial charge in [0.15, 0.2) is 5.16 Å². The number of nitrogens with zero attached hydrogens (tertiary/aromatic N) is 1. The molecular weight excluding hydrogens is 254 g/mol. The summed E-state index contributed by atoms with van der Waals surface area (Å²) in [4.78, 5) is 8.21. The molecular formula is C12H14ClN3S. The Kier molecular flexibility index (Phi) is 4.10. The second-order valence-corrected chi connectivity index (χ2v) is 5.13. The van der Waals surface area contributed by atoms with Crippen molar-refractivity contribution < 1.29 is 0 Å². The fourth-order valence-electron chi connectivity index (χ4n) is 1.45. The molecule has 0 saturated carbocycles. The third kappa shape index (κ3) is 3.03. The molecule has 0 aliphatic heterocycles. The molecule has 0 saturated heterocycles. The average Bonchev–Trinajstić information content (AvgIpc) is 2.83. The summed E-state index contributed by atoms with van der Waals surface area (Å²) in [6.07, 6.45) is 3.53. The summed E-state index contributed by atoms with van der Waals surface area (Å²) in [6, 6.07) is 6.40. The SMILES string of the molecule is CNC(C)c1ccc(Sc2ncc[nH]2)c(Cl)c1. The van der Waals surface area contributed by atoms with Gasteiger partial charge in [0.2, 0.25) is 0 Å². The van der Waals surface area contributed by atoms with E-state index in [2.05, 4.69) is 28.3 Å². The van der Waals surface area contributed by atoms with Crippen LogP contribution in [0.25, 0.3) is 0 Å². The predicted molar refractivity (Wildman–Crippen MR) is 71.6 cm³/mol. The molecule has 17 heavy (non-hydrogen) atoms. The van der Waals surface area contributed by atoms with E-state index in [9.17, 15) is 0 Å². The first-order valence-corrected chi connectivity index (χ1v) is 6.54. The van der Waals surface area contributed by atoms with Gasteiger partial charge in [0.25, 0.3) is 0 Å². The number of imidazole rings is 1. The number of rotatable bonds is 4. The molecule has 0 spiro atoms. The number of benzene rings is 1. The fraction of sp³-hybridized carbons (Fsp3) is 0.250. The first kappa shape index (κ1) is 12.5. The van der Waals surface area contributed by atoms with Crippen LogP contribution in [0.5, 0.6) is 0 Å². The summed E-state index contributed by atoms with van der Waals surface area (Å²) < 4.78 is 0. The average molecular weight is 268 g/mol. The molecule has 5 heteroatoms. The Morgan fingerprint density at radius 2 is 2.29 bits per heavy atom. The van der Waals surface area contributed by atoms with Crippen molar-refractivity contribution in [3.63, 3.8) is 0 Å². The lowest BCUT2D eigenvalue weighted by Gasteiger charge is -2.12. The zero-order valence-electron chi connectivity index (χ0n) is 9.70. The molecule has 0 aliphatic rings. The Morgan fingerprint density at radius 1 is 1.47 bits per heavy atom.